The van der Waals surface area contributed by atoms with Gasteiger partial charge in [-0.1, -0.05) is 19.8 Å². The number of terminal acetylenes is 1. The fourth-order valence-corrected chi connectivity index (χ4v) is 1.75. The van der Waals surface area contributed by atoms with Crippen LogP contribution in [0.2, 0.25) is 0 Å². The van der Waals surface area contributed by atoms with E-state index in [1.807, 2.05) is 13.8 Å². The molecule has 0 aromatic carbocycles. The van der Waals surface area contributed by atoms with E-state index in [2.05, 4.69) is 26.2 Å². The fourth-order valence-electron chi connectivity index (χ4n) is 1.75. The molecular weight excluding hydrogens is 266 g/mol. The highest BCUT2D eigenvalue weighted by atomic mass is 16.5. The van der Waals surface area contributed by atoms with Crippen LogP contribution in [0.3, 0.4) is 0 Å². The molecule has 0 aliphatic carbocycles. The molecule has 2 rings (SSSR count). The van der Waals surface area contributed by atoms with Crippen LogP contribution in [0, 0.1) is 12.3 Å². The Balaban J connectivity index is 2.40. The van der Waals surface area contributed by atoms with E-state index >= 15 is 0 Å². The standard InChI is InChI=1S/C15H17N5O/c1-5-10-6-12(11(7-18-10)9(2)3)21-13-8-19-15(17-4)20-14(13)16/h1,6-9H,2-4H3,(H3,16,17,19,20). The summed E-state index contributed by atoms with van der Waals surface area (Å²) in [4.78, 5) is 12.3. The van der Waals surface area contributed by atoms with Crippen LogP contribution in [0.5, 0.6) is 11.5 Å². The number of ether oxygens (including phenoxy) is 1. The molecule has 0 fully saturated rings. The van der Waals surface area contributed by atoms with Gasteiger partial charge >= 0.3 is 0 Å². The highest BCUT2D eigenvalue weighted by Crippen LogP contribution is 2.32. The van der Waals surface area contributed by atoms with Crippen LogP contribution in [0.25, 0.3) is 0 Å². The normalized spacial score (nSPS) is 10.2. The van der Waals surface area contributed by atoms with Crippen LogP contribution in [0.4, 0.5) is 11.8 Å². The zero-order valence-electron chi connectivity index (χ0n) is 12.2. The Labute approximate surface area is 123 Å². The van der Waals surface area contributed by atoms with Crippen LogP contribution in [0.15, 0.2) is 18.5 Å². The average molecular weight is 283 g/mol. The molecule has 0 aliphatic rings. The first-order valence-corrected chi connectivity index (χ1v) is 6.49. The Hall–Kier alpha value is -2.81. The van der Waals surface area contributed by atoms with Crippen LogP contribution in [-0.2, 0) is 0 Å². The molecule has 2 aromatic rings. The molecule has 0 saturated carbocycles. The third-order valence-electron chi connectivity index (χ3n) is 2.89. The minimum atomic E-state index is 0.234. The topological polar surface area (TPSA) is 86.0 Å². The highest BCUT2D eigenvalue weighted by molar-refractivity contribution is 5.51. The molecule has 0 atom stereocenters. The lowest BCUT2D eigenvalue weighted by Crippen LogP contribution is -2.03. The number of rotatable bonds is 4. The van der Waals surface area contributed by atoms with Crippen molar-refractivity contribution in [2.45, 2.75) is 19.8 Å². The molecule has 0 aliphatic heterocycles. The van der Waals surface area contributed by atoms with E-state index in [0.717, 1.165) is 5.56 Å². The number of nitrogens with one attached hydrogen (secondary N) is 1. The second-order valence-electron chi connectivity index (χ2n) is 4.70. The van der Waals surface area contributed by atoms with Gasteiger partial charge in [-0.15, -0.1) is 6.42 Å². The molecule has 6 heteroatoms. The molecule has 108 valence electrons. The Kier molecular flexibility index (Phi) is 4.24. The van der Waals surface area contributed by atoms with Crippen molar-refractivity contribution < 1.29 is 4.74 Å². The lowest BCUT2D eigenvalue weighted by atomic mass is 10.0. The highest BCUT2D eigenvalue weighted by Gasteiger charge is 2.13. The number of nitrogens with zero attached hydrogens (tertiary/aromatic N) is 3. The maximum atomic E-state index is 5.87. The van der Waals surface area contributed by atoms with Crippen LogP contribution >= 0.6 is 0 Å². The van der Waals surface area contributed by atoms with Gasteiger partial charge < -0.3 is 15.8 Å². The Bertz CT molecular complexity index is 691. The first-order valence-electron chi connectivity index (χ1n) is 6.49. The molecule has 0 radical (unpaired) electrons. The minimum Gasteiger partial charge on any atom is -0.451 e. The SMILES string of the molecule is C#Cc1cc(Oc2cnc(NC)nc2N)c(C(C)C)cn1. The van der Waals surface area contributed by atoms with Gasteiger partial charge in [0.05, 0.1) is 6.20 Å². The van der Waals surface area contributed by atoms with E-state index in [1.54, 1.807) is 19.3 Å². The number of nitrogens with two attached hydrogens (primary N) is 1. The molecule has 0 spiro atoms. The molecule has 0 bridgehead atoms. The largest absolute Gasteiger partial charge is 0.451 e. The number of pyridine rings is 1. The summed E-state index contributed by atoms with van der Waals surface area (Å²) in [7, 11) is 1.72. The van der Waals surface area contributed by atoms with Crippen molar-refractivity contribution in [1.82, 2.24) is 15.0 Å². The van der Waals surface area contributed by atoms with Crippen LogP contribution in [0.1, 0.15) is 31.0 Å². The molecule has 0 saturated heterocycles. The van der Waals surface area contributed by atoms with E-state index in [9.17, 15) is 0 Å². The van der Waals surface area contributed by atoms with Crippen molar-refractivity contribution in [3.8, 4) is 23.8 Å². The van der Waals surface area contributed by atoms with Gasteiger partial charge in [0, 0.05) is 24.9 Å². The third-order valence-corrected chi connectivity index (χ3v) is 2.89. The van der Waals surface area contributed by atoms with Crippen molar-refractivity contribution >= 4 is 11.8 Å². The van der Waals surface area contributed by atoms with Gasteiger partial charge in [0.1, 0.15) is 11.4 Å². The molecule has 21 heavy (non-hydrogen) atoms. The molecule has 0 amide bonds. The van der Waals surface area contributed by atoms with E-state index < -0.39 is 0 Å². The Morgan fingerprint density at radius 1 is 1.29 bits per heavy atom. The number of anilines is 2. The second kappa shape index (κ2) is 6.09. The zero-order chi connectivity index (χ0) is 15.4. The van der Waals surface area contributed by atoms with Crippen molar-refractivity contribution in [3.05, 3.63) is 29.7 Å². The monoisotopic (exact) mass is 283 g/mol. The first-order chi connectivity index (χ1) is 10.0. The van der Waals surface area contributed by atoms with Crippen molar-refractivity contribution in [2.24, 2.45) is 0 Å². The lowest BCUT2D eigenvalue weighted by molar-refractivity contribution is 0.470. The van der Waals surface area contributed by atoms with Gasteiger partial charge in [-0.3, -0.25) is 0 Å². The van der Waals surface area contributed by atoms with E-state index in [-0.39, 0.29) is 11.7 Å². The second-order valence-corrected chi connectivity index (χ2v) is 4.70. The van der Waals surface area contributed by atoms with E-state index in [0.29, 0.717) is 23.1 Å². The van der Waals surface area contributed by atoms with Crippen molar-refractivity contribution in [1.29, 1.82) is 0 Å². The Morgan fingerprint density at radius 3 is 2.62 bits per heavy atom. The van der Waals surface area contributed by atoms with Gasteiger partial charge in [0.25, 0.3) is 0 Å². The van der Waals surface area contributed by atoms with Gasteiger partial charge in [0.2, 0.25) is 5.95 Å². The summed E-state index contributed by atoms with van der Waals surface area (Å²) < 4.78 is 5.83. The van der Waals surface area contributed by atoms with Gasteiger partial charge in [-0.25, -0.2) is 9.97 Å². The van der Waals surface area contributed by atoms with Gasteiger partial charge in [-0.05, 0) is 5.92 Å². The summed E-state index contributed by atoms with van der Waals surface area (Å²) in [5.41, 5.74) is 7.31. The van der Waals surface area contributed by atoms with Crippen molar-refractivity contribution in [2.75, 3.05) is 18.1 Å². The third kappa shape index (κ3) is 3.20. The predicted octanol–water partition coefficient (Wildman–Crippen LogP) is 2.39. The van der Waals surface area contributed by atoms with Gasteiger partial charge in [-0.2, -0.15) is 4.98 Å². The van der Waals surface area contributed by atoms with E-state index in [4.69, 9.17) is 16.9 Å². The average Bonchev–Trinajstić information content (AvgIpc) is 2.48. The minimum absolute atomic E-state index is 0.234. The molecular formula is C15H17N5O. The number of nitrogen functional groups attached to an aromatic ring is 1. The van der Waals surface area contributed by atoms with Crippen LogP contribution in [-0.4, -0.2) is 22.0 Å². The molecule has 2 heterocycles. The summed E-state index contributed by atoms with van der Waals surface area (Å²) >= 11 is 0. The first kappa shape index (κ1) is 14.6. The summed E-state index contributed by atoms with van der Waals surface area (Å²) in [6.45, 7) is 4.09. The van der Waals surface area contributed by atoms with Gasteiger partial charge in [0.15, 0.2) is 11.6 Å². The smallest absolute Gasteiger partial charge is 0.224 e. The summed E-state index contributed by atoms with van der Waals surface area (Å²) in [5, 5.41) is 2.81. The number of hydrogen-bond donors (Lipinski definition) is 2. The summed E-state index contributed by atoms with van der Waals surface area (Å²) in [5.74, 6) is 4.40. The lowest BCUT2D eigenvalue weighted by Gasteiger charge is -2.14. The molecule has 2 aromatic heterocycles. The Morgan fingerprint density at radius 2 is 2.05 bits per heavy atom. The van der Waals surface area contributed by atoms with E-state index in [1.165, 1.54) is 6.20 Å². The molecule has 0 unspecified atom stereocenters. The summed E-state index contributed by atoms with van der Waals surface area (Å²) in [6, 6.07) is 1.71. The maximum absolute atomic E-state index is 5.87. The maximum Gasteiger partial charge on any atom is 0.224 e. The quantitative estimate of drug-likeness (QED) is 0.838. The molecule has 3 N–H and O–H groups in total. The zero-order valence-corrected chi connectivity index (χ0v) is 12.2. The molecule has 6 nitrogen and oxygen atoms in total. The van der Waals surface area contributed by atoms with Crippen LogP contribution < -0.4 is 15.8 Å². The predicted molar refractivity (Wildman–Crippen MR) is 82.3 cm³/mol. The summed E-state index contributed by atoms with van der Waals surface area (Å²) in [6.07, 6.45) is 8.62. The number of hydrogen-bond acceptors (Lipinski definition) is 6. The van der Waals surface area contributed by atoms with Crippen molar-refractivity contribution in [3.63, 3.8) is 0 Å². The number of aromatic nitrogens is 3. The fraction of sp³-hybridized carbons (Fsp3) is 0.267.